The molecule has 0 amide bonds. The first-order chi connectivity index (χ1) is 11.4. The number of aromatic nitrogens is 1. The number of H-pyrrole nitrogens is 1. The van der Waals surface area contributed by atoms with Crippen molar-refractivity contribution in [1.82, 2.24) is 9.88 Å². The molecule has 0 saturated carbocycles. The van der Waals surface area contributed by atoms with Gasteiger partial charge in [-0.25, -0.2) is 18.0 Å². The summed E-state index contributed by atoms with van der Waals surface area (Å²) in [5, 5.41) is 2.97. The molecular formula is C15H24F3N3O3. The second kappa shape index (κ2) is 10.2. The Hall–Kier alpha value is -1.74. The molecule has 0 fully saturated rings. The van der Waals surface area contributed by atoms with Crippen LogP contribution in [-0.2, 0) is 16.0 Å². The quantitative estimate of drug-likeness (QED) is 0.473. The minimum Gasteiger partial charge on any atom is -0.461 e. The lowest BCUT2D eigenvalue weighted by Gasteiger charge is -2.16. The van der Waals surface area contributed by atoms with Gasteiger partial charge >= 0.3 is 5.97 Å². The molecule has 1 aromatic rings. The van der Waals surface area contributed by atoms with E-state index >= 15 is 0 Å². The maximum atomic E-state index is 12.4. The first kappa shape index (κ1) is 20.3. The van der Waals surface area contributed by atoms with Crippen LogP contribution in [0.4, 0.5) is 18.9 Å². The number of alkyl halides is 3. The van der Waals surface area contributed by atoms with Crippen LogP contribution in [-0.4, -0.2) is 68.9 Å². The van der Waals surface area contributed by atoms with E-state index in [1.807, 2.05) is 19.0 Å². The van der Waals surface area contributed by atoms with E-state index in [4.69, 9.17) is 9.47 Å². The molecule has 0 spiro atoms. The van der Waals surface area contributed by atoms with Gasteiger partial charge in [-0.3, -0.25) is 0 Å². The fourth-order valence-electron chi connectivity index (χ4n) is 2.07. The zero-order chi connectivity index (χ0) is 18.1. The molecule has 0 aliphatic heterocycles. The van der Waals surface area contributed by atoms with Crippen molar-refractivity contribution < 1.29 is 27.4 Å². The van der Waals surface area contributed by atoms with Gasteiger partial charge in [0.2, 0.25) is 0 Å². The molecule has 138 valence electrons. The summed E-state index contributed by atoms with van der Waals surface area (Å²) < 4.78 is 47.0. The van der Waals surface area contributed by atoms with E-state index in [-0.39, 0.29) is 25.5 Å². The van der Waals surface area contributed by atoms with Crippen LogP contribution in [0, 0.1) is 0 Å². The van der Waals surface area contributed by atoms with Gasteiger partial charge in [0.1, 0.15) is 18.5 Å². The Morgan fingerprint density at radius 3 is 2.67 bits per heavy atom. The van der Waals surface area contributed by atoms with Crippen LogP contribution in [0.25, 0.3) is 0 Å². The Bertz CT molecular complexity index is 509. The number of ether oxygens (including phenoxy) is 2. The zero-order valence-corrected chi connectivity index (χ0v) is 14.1. The van der Waals surface area contributed by atoms with E-state index in [9.17, 15) is 18.0 Å². The smallest absolute Gasteiger partial charge is 0.356 e. The number of hydrogen-bond donors (Lipinski definition) is 2. The van der Waals surface area contributed by atoms with Crippen molar-refractivity contribution in [2.75, 3.05) is 45.8 Å². The molecule has 1 unspecified atom stereocenters. The van der Waals surface area contributed by atoms with E-state index in [1.165, 1.54) is 0 Å². The number of halogens is 3. The Morgan fingerprint density at radius 1 is 1.42 bits per heavy atom. The third-order valence-corrected chi connectivity index (χ3v) is 3.10. The molecule has 0 radical (unpaired) electrons. The number of rotatable bonds is 11. The van der Waals surface area contributed by atoms with Gasteiger partial charge < -0.3 is 24.7 Å². The van der Waals surface area contributed by atoms with E-state index in [1.54, 1.807) is 13.1 Å². The lowest BCUT2D eigenvalue weighted by Crippen LogP contribution is -2.27. The predicted octanol–water partition coefficient (Wildman–Crippen LogP) is 2.28. The largest absolute Gasteiger partial charge is 0.461 e. The summed E-state index contributed by atoms with van der Waals surface area (Å²) in [5.74, 6) is -0.514. The number of aromatic amines is 1. The number of carbonyl (C=O) groups excluding carboxylic acids is 1. The van der Waals surface area contributed by atoms with Crippen LogP contribution in [0.2, 0.25) is 0 Å². The number of anilines is 1. The average Bonchev–Trinajstić information content (AvgIpc) is 2.89. The summed E-state index contributed by atoms with van der Waals surface area (Å²) in [4.78, 5) is 16.7. The number of esters is 1. The highest BCUT2D eigenvalue weighted by atomic mass is 19.3. The summed E-state index contributed by atoms with van der Waals surface area (Å²) in [6.45, 7) is 1.27. The fraction of sp³-hybridized carbons (Fsp3) is 0.667. The maximum absolute atomic E-state index is 12.4. The first-order valence-electron chi connectivity index (χ1n) is 7.62. The molecule has 6 nitrogen and oxygen atoms in total. The van der Waals surface area contributed by atoms with Crippen LogP contribution in [0.5, 0.6) is 0 Å². The molecule has 1 heterocycles. The highest BCUT2D eigenvalue weighted by Gasteiger charge is 2.21. The molecule has 1 aromatic heterocycles. The van der Waals surface area contributed by atoms with E-state index < -0.39 is 25.2 Å². The van der Waals surface area contributed by atoms with Crippen LogP contribution < -0.4 is 5.32 Å². The van der Waals surface area contributed by atoms with Crippen molar-refractivity contribution in [2.45, 2.75) is 26.0 Å². The number of nitrogens with one attached hydrogen (secondary N) is 2. The average molecular weight is 351 g/mol. The van der Waals surface area contributed by atoms with Gasteiger partial charge in [-0.1, -0.05) is 0 Å². The molecule has 0 saturated heterocycles. The Labute approximate surface area is 139 Å². The van der Waals surface area contributed by atoms with Crippen molar-refractivity contribution in [1.29, 1.82) is 0 Å². The molecule has 1 atom stereocenters. The van der Waals surface area contributed by atoms with E-state index in [2.05, 4.69) is 10.3 Å². The molecule has 0 aromatic carbocycles. The van der Waals surface area contributed by atoms with Crippen molar-refractivity contribution >= 4 is 11.7 Å². The van der Waals surface area contributed by atoms with Crippen molar-refractivity contribution in [3.63, 3.8) is 0 Å². The lowest BCUT2D eigenvalue weighted by atomic mass is 10.2. The van der Waals surface area contributed by atoms with Gasteiger partial charge in [-0.05, 0) is 21.0 Å². The molecule has 9 heteroatoms. The molecule has 24 heavy (non-hydrogen) atoms. The summed E-state index contributed by atoms with van der Waals surface area (Å²) in [5.41, 5.74) is 1.60. The number of nitrogens with zero attached hydrogens (tertiary/aromatic N) is 1. The molecule has 0 aliphatic carbocycles. The number of carbonyl (C=O) groups is 1. The highest BCUT2D eigenvalue weighted by Crippen LogP contribution is 2.22. The Kier molecular flexibility index (Phi) is 8.62. The second-order valence-electron chi connectivity index (χ2n) is 5.35. The Balaban J connectivity index is 2.72. The van der Waals surface area contributed by atoms with E-state index in [0.717, 1.165) is 5.56 Å². The van der Waals surface area contributed by atoms with Crippen LogP contribution in [0.1, 0.15) is 23.0 Å². The topological polar surface area (TPSA) is 66.6 Å². The third kappa shape index (κ3) is 6.04. The number of hydrogen-bond acceptors (Lipinski definition) is 5. The normalized spacial score (nSPS) is 12.7. The minimum atomic E-state index is -2.87. The van der Waals surface area contributed by atoms with Crippen molar-refractivity contribution in [3.8, 4) is 0 Å². The summed E-state index contributed by atoms with van der Waals surface area (Å²) in [7, 11) is 3.75. The summed E-state index contributed by atoms with van der Waals surface area (Å²) >= 11 is 0. The highest BCUT2D eigenvalue weighted by molar-refractivity contribution is 5.94. The van der Waals surface area contributed by atoms with Crippen molar-refractivity contribution in [2.24, 2.45) is 0 Å². The second-order valence-corrected chi connectivity index (χ2v) is 5.35. The zero-order valence-electron chi connectivity index (χ0n) is 14.1. The van der Waals surface area contributed by atoms with Crippen LogP contribution in [0.15, 0.2) is 6.20 Å². The van der Waals surface area contributed by atoms with Gasteiger partial charge in [0.15, 0.2) is 0 Å². The SMILES string of the molecule is CCOC(=O)c1[nH]cc(CN(C)C)c1NCCOC(CF)C(F)F. The Morgan fingerprint density at radius 2 is 2.12 bits per heavy atom. The fourth-order valence-corrected chi connectivity index (χ4v) is 2.07. The minimum absolute atomic E-state index is 0.117. The molecule has 0 bridgehead atoms. The van der Waals surface area contributed by atoms with Gasteiger partial charge in [0, 0.05) is 24.8 Å². The van der Waals surface area contributed by atoms with Crippen LogP contribution in [0.3, 0.4) is 0 Å². The summed E-state index contributed by atoms with van der Waals surface area (Å²) in [6.07, 6.45) is -2.93. The monoisotopic (exact) mass is 351 g/mol. The first-order valence-corrected chi connectivity index (χ1v) is 7.62. The third-order valence-electron chi connectivity index (χ3n) is 3.10. The maximum Gasteiger partial charge on any atom is 0.356 e. The molecule has 1 rings (SSSR count). The lowest BCUT2D eigenvalue weighted by molar-refractivity contribution is -0.0622. The molecule has 2 N–H and O–H groups in total. The van der Waals surface area contributed by atoms with Gasteiger partial charge in [0.05, 0.1) is 18.9 Å². The van der Waals surface area contributed by atoms with E-state index in [0.29, 0.717) is 12.2 Å². The van der Waals surface area contributed by atoms with Crippen LogP contribution >= 0.6 is 0 Å². The standard InChI is InChI=1S/C15H24F3N3O3/c1-4-23-15(22)13-12(10(8-20-13)9-21(2)3)19-5-6-24-11(7-16)14(17)18/h8,11,14,19-20H,4-7,9H2,1-3H3. The summed E-state index contributed by atoms with van der Waals surface area (Å²) in [6, 6.07) is 0. The predicted molar refractivity (Wildman–Crippen MR) is 84.3 cm³/mol. The molecule has 0 aliphatic rings. The van der Waals surface area contributed by atoms with Gasteiger partial charge in [0.25, 0.3) is 6.43 Å². The van der Waals surface area contributed by atoms with Crippen molar-refractivity contribution in [3.05, 3.63) is 17.5 Å². The van der Waals surface area contributed by atoms with Gasteiger partial charge in [-0.2, -0.15) is 0 Å². The van der Waals surface area contributed by atoms with Gasteiger partial charge in [-0.15, -0.1) is 0 Å². The molecular weight excluding hydrogens is 327 g/mol.